The summed E-state index contributed by atoms with van der Waals surface area (Å²) in [6.45, 7) is 1.30. The van der Waals surface area contributed by atoms with Gasteiger partial charge in [0.1, 0.15) is 17.5 Å². The molecule has 0 saturated carbocycles. The van der Waals surface area contributed by atoms with Crippen LogP contribution in [-0.2, 0) is 6.54 Å². The van der Waals surface area contributed by atoms with Crippen LogP contribution in [0.2, 0.25) is 5.02 Å². The number of methoxy groups -OCH3 is 2. The fourth-order valence-corrected chi connectivity index (χ4v) is 3.83. The second-order valence-corrected chi connectivity index (χ2v) is 7.20. The maximum absolute atomic E-state index is 13.2. The molecule has 4 rings (SSSR count). The summed E-state index contributed by atoms with van der Waals surface area (Å²) in [6.07, 6.45) is 2.03. The molecule has 3 aromatic rings. The Bertz CT molecular complexity index is 1020. The number of amides is 2. The maximum atomic E-state index is 13.2. The fourth-order valence-electron chi connectivity index (χ4n) is 3.70. The summed E-state index contributed by atoms with van der Waals surface area (Å²) < 4.78 is 13.1. The minimum atomic E-state index is -0.285. The van der Waals surface area contributed by atoms with Gasteiger partial charge in [0.05, 0.1) is 14.2 Å². The zero-order chi connectivity index (χ0) is 20.4. The number of hydrogen-bond acceptors (Lipinski definition) is 3. The van der Waals surface area contributed by atoms with Gasteiger partial charge in [-0.05, 0) is 48.5 Å². The number of hydrogen-bond donors (Lipinski definition) is 1. The number of carbonyl (C=O) groups is 1. The van der Waals surface area contributed by atoms with Gasteiger partial charge in [-0.1, -0.05) is 11.6 Å². The lowest BCUT2D eigenvalue weighted by Crippen LogP contribution is -2.44. The number of fused-ring (bicyclic) bond motifs is 1. The molecule has 150 valence electrons. The molecule has 0 saturated heterocycles. The topological polar surface area (TPSA) is 55.7 Å². The van der Waals surface area contributed by atoms with E-state index in [0.29, 0.717) is 28.8 Å². The van der Waals surface area contributed by atoms with Crippen molar-refractivity contribution in [3.63, 3.8) is 0 Å². The van der Waals surface area contributed by atoms with Crippen molar-refractivity contribution in [3.8, 4) is 11.5 Å². The van der Waals surface area contributed by atoms with E-state index in [-0.39, 0.29) is 12.1 Å². The maximum Gasteiger partial charge on any atom is 0.322 e. The van der Waals surface area contributed by atoms with Crippen LogP contribution in [0, 0.1) is 0 Å². The molecule has 1 aromatic heterocycles. The predicted molar refractivity (Wildman–Crippen MR) is 113 cm³/mol. The van der Waals surface area contributed by atoms with Crippen molar-refractivity contribution in [2.75, 3.05) is 26.1 Å². The molecule has 1 N–H and O–H groups in total. The molecule has 7 heteroatoms. The van der Waals surface area contributed by atoms with Gasteiger partial charge in [0.15, 0.2) is 0 Å². The van der Waals surface area contributed by atoms with Crippen LogP contribution in [-0.4, -0.2) is 36.3 Å². The van der Waals surface area contributed by atoms with Crippen molar-refractivity contribution in [1.29, 1.82) is 0 Å². The van der Waals surface area contributed by atoms with E-state index in [2.05, 4.69) is 9.88 Å². The van der Waals surface area contributed by atoms with Gasteiger partial charge in [-0.15, -0.1) is 0 Å². The van der Waals surface area contributed by atoms with Gasteiger partial charge in [0.25, 0.3) is 0 Å². The number of benzene rings is 2. The predicted octanol–water partition coefficient (Wildman–Crippen LogP) is 4.80. The molecule has 1 aliphatic rings. The summed E-state index contributed by atoms with van der Waals surface area (Å²) in [5.74, 6) is 1.38. The van der Waals surface area contributed by atoms with E-state index in [1.807, 2.05) is 41.4 Å². The van der Waals surface area contributed by atoms with Gasteiger partial charge < -0.3 is 24.3 Å². The minimum absolute atomic E-state index is 0.178. The molecule has 1 atom stereocenters. The Hall–Kier alpha value is -3.12. The van der Waals surface area contributed by atoms with E-state index in [1.165, 1.54) is 0 Å². The Morgan fingerprint density at radius 3 is 2.59 bits per heavy atom. The largest absolute Gasteiger partial charge is 0.497 e. The molecular formula is C22H22ClN3O3. The number of nitrogens with zero attached hydrogens (tertiary/aromatic N) is 2. The zero-order valence-electron chi connectivity index (χ0n) is 16.3. The Kier molecular flexibility index (Phi) is 5.36. The highest BCUT2D eigenvalue weighted by Crippen LogP contribution is 2.39. The normalized spacial score (nSPS) is 15.6. The van der Waals surface area contributed by atoms with Crippen molar-refractivity contribution in [2.24, 2.45) is 0 Å². The van der Waals surface area contributed by atoms with Crippen LogP contribution in [0.15, 0.2) is 60.8 Å². The number of carbonyl (C=O) groups excluding carboxylic acids is 1. The highest BCUT2D eigenvalue weighted by atomic mass is 35.5. The molecule has 0 unspecified atom stereocenters. The number of nitrogens with one attached hydrogen (secondary N) is 1. The summed E-state index contributed by atoms with van der Waals surface area (Å²) in [4.78, 5) is 15.0. The summed E-state index contributed by atoms with van der Waals surface area (Å²) >= 11 is 5.95. The first-order valence-electron chi connectivity index (χ1n) is 9.31. The van der Waals surface area contributed by atoms with E-state index in [1.54, 1.807) is 38.5 Å². The van der Waals surface area contributed by atoms with Crippen molar-refractivity contribution < 1.29 is 14.3 Å². The van der Waals surface area contributed by atoms with Crippen LogP contribution in [0.4, 0.5) is 10.5 Å². The molecule has 2 heterocycles. The molecule has 0 bridgehead atoms. The third kappa shape index (κ3) is 3.76. The standard InChI is InChI=1S/C22H22ClN3O3/c1-28-17-9-10-18(20(14-17)29-2)21-19-4-3-11-25(19)12-13-26(21)22(27)24-16-7-5-15(23)6-8-16/h3-11,14,21H,12-13H2,1-2H3,(H,24,27)/t21-/m0/s1. The first-order valence-corrected chi connectivity index (χ1v) is 9.68. The second kappa shape index (κ2) is 8.09. The Morgan fingerprint density at radius 2 is 1.86 bits per heavy atom. The number of urea groups is 1. The first kappa shape index (κ1) is 19.2. The number of ether oxygens (including phenoxy) is 2. The number of aromatic nitrogens is 1. The molecule has 0 radical (unpaired) electrons. The van der Waals surface area contributed by atoms with Crippen LogP contribution in [0.3, 0.4) is 0 Å². The molecular weight excluding hydrogens is 390 g/mol. The van der Waals surface area contributed by atoms with Crippen LogP contribution in [0.25, 0.3) is 0 Å². The summed E-state index contributed by atoms with van der Waals surface area (Å²) in [5.41, 5.74) is 2.63. The SMILES string of the molecule is COc1ccc([C@H]2c3cccn3CCN2C(=O)Nc2ccc(Cl)cc2)c(OC)c1. The monoisotopic (exact) mass is 411 g/mol. The van der Waals surface area contributed by atoms with Crippen molar-refractivity contribution in [3.05, 3.63) is 77.1 Å². The molecule has 0 aliphatic carbocycles. The highest BCUT2D eigenvalue weighted by Gasteiger charge is 2.34. The quantitative estimate of drug-likeness (QED) is 0.671. The fraction of sp³-hybridized carbons (Fsp3) is 0.227. The van der Waals surface area contributed by atoms with Gasteiger partial charge in [-0.2, -0.15) is 0 Å². The summed E-state index contributed by atoms with van der Waals surface area (Å²) in [5, 5.41) is 3.60. The molecule has 0 spiro atoms. The smallest absolute Gasteiger partial charge is 0.322 e. The van der Waals surface area contributed by atoms with Crippen LogP contribution >= 0.6 is 11.6 Å². The summed E-state index contributed by atoms with van der Waals surface area (Å²) in [7, 11) is 3.24. The van der Waals surface area contributed by atoms with Crippen LogP contribution < -0.4 is 14.8 Å². The lowest BCUT2D eigenvalue weighted by Gasteiger charge is -2.37. The van der Waals surface area contributed by atoms with E-state index in [4.69, 9.17) is 21.1 Å². The third-order valence-corrected chi connectivity index (χ3v) is 5.38. The van der Waals surface area contributed by atoms with Gasteiger partial charge in [0, 0.05) is 47.3 Å². The van der Waals surface area contributed by atoms with Crippen molar-refractivity contribution >= 4 is 23.3 Å². The van der Waals surface area contributed by atoms with E-state index in [9.17, 15) is 4.79 Å². The zero-order valence-corrected chi connectivity index (χ0v) is 17.0. The third-order valence-electron chi connectivity index (χ3n) is 5.13. The lowest BCUT2D eigenvalue weighted by atomic mass is 9.99. The van der Waals surface area contributed by atoms with Gasteiger partial charge >= 0.3 is 6.03 Å². The van der Waals surface area contributed by atoms with Gasteiger partial charge in [-0.3, -0.25) is 0 Å². The Morgan fingerprint density at radius 1 is 1.07 bits per heavy atom. The van der Waals surface area contributed by atoms with E-state index < -0.39 is 0 Å². The number of anilines is 1. The molecule has 2 aromatic carbocycles. The summed E-state index contributed by atoms with van der Waals surface area (Å²) in [6, 6.07) is 16.3. The Labute approximate surface area is 174 Å². The van der Waals surface area contributed by atoms with Crippen molar-refractivity contribution in [1.82, 2.24) is 9.47 Å². The average molecular weight is 412 g/mol. The van der Waals surface area contributed by atoms with E-state index in [0.717, 1.165) is 17.8 Å². The average Bonchev–Trinajstić information content (AvgIpc) is 3.23. The molecule has 1 aliphatic heterocycles. The first-order chi connectivity index (χ1) is 14.1. The molecule has 29 heavy (non-hydrogen) atoms. The molecule has 2 amide bonds. The molecule has 6 nitrogen and oxygen atoms in total. The number of halogens is 1. The minimum Gasteiger partial charge on any atom is -0.497 e. The van der Waals surface area contributed by atoms with Crippen LogP contribution in [0.5, 0.6) is 11.5 Å². The number of rotatable bonds is 4. The lowest BCUT2D eigenvalue weighted by molar-refractivity contribution is 0.180. The van der Waals surface area contributed by atoms with Crippen molar-refractivity contribution in [2.45, 2.75) is 12.6 Å². The second-order valence-electron chi connectivity index (χ2n) is 6.77. The highest BCUT2D eigenvalue weighted by molar-refractivity contribution is 6.30. The van der Waals surface area contributed by atoms with Crippen LogP contribution in [0.1, 0.15) is 17.3 Å². The van der Waals surface area contributed by atoms with E-state index >= 15 is 0 Å². The molecule has 0 fully saturated rings. The van der Waals surface area contributed by atoms with Gasteiger partial charge in [-0.25, -0.2) is 4.79 Å². The Balaban J connectivity index is 1.71. The van der Waals surface area contributed by atoms with Gasteiger partial charge in [0.2, 0.25) is 0 Å².